The van der Waals surface area contributed by atoms with E-state index in [0.717, 1.165) is 10.2 Å². The number of amides is 4. The van der Waals surface area contributed by atoms with Gasteiger partial charge in [-0.1, -0.05) is 15.9 Å². The van der Waals surface area contributed by atoms with Gasteiger partial charge in [-0.2, -0.15) is 0 Å². The van der Waals surface area contributed by atoms with Crippen LogP contribution >= 0.6 is 15.9 Å². The zero-order valence-electron chi connectivity index (χ0n) is 14.8. The molecule has 0 atom stereocenters. The third-order valence-corrected chi connectivity index (χ3v) is 4.98. The molecule has 0 radical (unpaired) electrons. The molecule has 2 aromatic carbocycles. The van der Waals surface area contributed by atoms with Crippen LogP contribution < -0.4 is 25.2 Å². The molecule has 28 heavy (non-hydrogen) atoms. The van der Waals surface area contributed by atoms with Gasteiger partial charge in [-0.25, -0.2) is 4.79 Å². The Hall–Kier alpha value is -3.07. The molecule has 2 aliphatic heterocycles. The number of hydrogen-bond donors (Lipinski definition) is 2. The van der Waals surface area contributed by atoms with Crippen molar-refractivity contribution >= 4 is 50.8 Å². The van der Waals surface area contributed by atoms with E-state index >= 15 is 0 Å². The molecule has 2 aliphatic rings. The Balaban J connectivity index is 1.43. The Labute approximate surface area is 169 Å². The van der Waals surface area contributed by atoms with Gasteiger partial charge in [0.2, 0.25) is 5.91 Å². The van der Waals surface area contributed by atoms with E-state index < -0.39 is 0 Å². The summed E-state index contributed by atoms with van der Waals surface area (Å²) in [5, 5.41) is 5.52. The van der Waals surface area contributed by atoms with E-state index in [1.54, 1.807) is 47.4 Å². The zero-order chi connectivity index (χ0) is 19.7. The molecule has 0 unspecified atom stereocenters. The van der Waals surface area contributed by atoms with Crippen LogP contribution in [0.1, 0.15) is 0 Å². The molecule has 4 amide bonds. The maximum Gasteiger partial charge on any atom is 0.321 e. The fraction of sp³-hybridized carbons (Fsp3) is 0.211. The Morgan fingerprint density at radius 1 is 1.18 bits per heavy atom. The molecule has 1 fully saturated rings. The molecular weight excluding hydrogens is 428 g/mol. The van der Waals surface area contributed by atoms with Crippen LogP contribution in [-0.4, -0.2) is 44.1 Å². The quantitative estimate of drug-likeness (QED) is 0.756. The van der Waals surface area contributed by atoms with Crippen LogP contribution in [0.25, 0.3) is 0 Å². The number of anilines is 3. The highest BCUT2D eigenvalue weighted by atomic mass is 79.9. The number of rotatable bonds is 4. The van der Waals surface area contributed by atoms with Crippen LogP contribution in [0.5, 0.6) is 5.75 Å². The van der Waals surface area contributed by atoms with Gasteiger partial charge in [0.25, 0.3) is 5.91 Å². The van der Waals surface area contributed by atoms with Gasteiger partial charge in [-0.05, 0) is 42.5 Å². The molecule has 1 saturated heterocycles. The lowest BCUT2D eigenvalue weighted by Crippen LogP contribution is -2.43. The summed E-state index contributed by atoms with van der Waals surface area (Å²) in [6.45, 7) is 0.999. The lowest BCUT2D eigenvalue weighted by atomic mass is 10.2. The van der Waals surface area contributed by atoms with Gasteiger partial charge in [0.05, 0.1) is 5.69 Å². The smallest absolute Gasteiger partial charge is 0.321 e. The largest absolute Gasteiger partial charge is 0.482 e. The third kappa shape index (κ3) is 3.65. The second-order valence-electron chi connectivity index (χ2n) is 6.36. The molecule has 0 spiro atoms. The molecule has 2 heterocycles. The van der Waals surface area contributed by atoms with E-state index in [9.17, 15) is 14.4 Å². The topological polar surface area (TPSA) is 91.0 Å². The van der Waals surface area contributed by atoms with Crippen molar-refractivity contribution in [3.63, 3.8) is 0 Å². The number of nitrogens with one attached hydrogen (secondary N) is 2. The number of urea groups is 1. The van der Waals surface area contributed by atoms with Gasteiger partial charge < -0.3 is 15.4 Å². The number of carbonyl (C=O) groups is 3. The zero-order valence-corrected chi connectivity index (χ0v) is 16.4. The number of benzene rings is 2. The highest BCUT2D eigenvalue weighted by molar-refractivity contribution is 9.10. The van der Waals surface area contributed by atoms with Gasteiger partial charge in [-0.15, -0.1) is 0 Å². The predicted octanol–water partition coefficient (Wildman–Crippen LogP) is 2.34. The fourth-order valence-electron chi connectivity index (χ4n) is 3.14. The molecule has 8 nitrogen and oxygen atoms in total. The first-order chi connectivity index (χ1) is 13.5. The molecule has 4 rings (SSSR count). The Morgan fingerprint density at radius 2 is 1.96 bits per heavy atom. The minimum Gasteiger partial charge on any atom is -0.482 e. The Morgan fingerprint density at radius 3 is 2.68 bits per heavy atom. The Bertz CT molecular complexity index is 947. The van der Waals surface area contributed by atoms with Crippen molar-refractivity contribution in [2.75, 3.05) is 41.4 Å². The molecule has 0 bridgehead atoms. The van der Waals surface area contributed by atoms with Crippen molar-refractivity contribution in [3.05, 3.63) is 46.9 Å². The normalized spacial score (nSPS) is 15.8. The van der Waals surface area contributed by atoms with Crippen LogP contribution in [0.15, 0.2) is 46.9 Å². The summed E-state index contributed by atoms with van der Waals surface area (Å²) in [4.78, 5) is 39.4. The van der Waals surface area contributed by atoms with Gasteiger partial charge in [0, 0.05) is 28.9 Å². The van der Waals surface area contributed by atoms with Crippen LogP contribution in [0.3, 0.4) is 0 Å². The molecule has 2 N–H and O–H groups in total. The average molecular weight is 445 g/mol. The molecule has 0 aromatic heterocycles. The van der Waals surface area contributed by atoms with Crippen LogP contribution in [-0.2, 0) is 9.59 Å². The number of hydrogen-bond acceptors (Lipinski definition) is 4. The maximum absolute atomic E-state index is 12.5. The summed E-state index contributed by atoms with van der Waals surface area (Å²) < 4.78 is 6.26. The summed E-state index contributed by atoms with van der Waals surface area (Å²) in [5.74, 6) is -0.0498. The third-order valence-electron chi connectivity index (χ3n) is 4.49. The maximum atomic E-state index is 12.5. The minimum atomic E-state index is -0.323. The van der Waals surface area contributed by atoms with Crippen molar-refractivity contribution in [3.8, 4) is 5.75 Å². The molecule has 144 valence electrons. The van der Waals surface area contributed by atoms with E-state index in [-0.39, 0.29) is 31.0 Å². The first-order valence-electron chi connectivity index (χ1n) is 8.69. The second kappa shape index (κ2) is 7.51. The van der Waals surface area contributed by atoms with Gasteiger partial charge in [-0.3, -0.25) is 19.4 Å². The fourth-order valence-corrected chi connectivity index (χ4v) is 3.48. The molecule has 0 saturated carbocycles. The van der Waals surface area contributed by atoms with Gasteiger partial charge in [0.1, 0.15) is 12.3 Å². The minimum absolute atomic E-state index is 0.108. The van der Waals surface area contributed by atoms with E-state index in [1.807, 2.05) is 0 Å². The summed E-state index contributed by atoms with van der Waals surface area (Å²) in [6.07, 6.45) is 0. The van der Waals surface area contributed by atoms with Crippen molar-refractivity contribution in [1.82, 2.24) is 5.32 Å². The van der Waals surface area contributed by atoms with E-state index in [4.69, 9.17) is 4.74 Å². The number of nitrogens with zero attached hydrogens (tertiary/aromatic N) is 2. The molecule has 2 aromatic rings. The molecule has 0 aliphatic carbocycles. The van der Waals surface area contributed by atoms with E-state index in [1.165, 1.54) is 4.90 Å². The van der Waals surface area contributed by atoms with Gasteiger partial charge in [0.15, 0.2) is 6.61 Å². The van der Waals surface area contributed by atoms with Gasteiger partial charge >= 0.3 is 6.03 Å². The standard InChI is InChI=1S/C19H17BrN4O4/c20-12-1-6-15-16(9-12)28-11-18(26)24(15)10-17(25)22-13-2-4-14(5-3-13)23-8-7-21-19(23)27/h1-6,9H,7-8,10-11H2,(H,21,27)(H,22,25). The monoisotopic (exact) mass is 444 g/mol. The van der Waals surface area contributed by atoms with Crippen molar-refractivity contribution in [1.29, 1.82) is 0 Å². The lowest BCUT2D eigenvalue weighted by molar-refractivity contribution is -0.123. The second-order valence-corrected chi connectivity index (χ2v) is 7.27. The van der Waals surface area contributed by atoms with Crippen LogP contribution in [0, 0.1) is 0 Å². The highest BCUT2D eigenvalue weighted by Crippen LogP contribution is 2.34. The number of ether oxygens (including phenoxy) is 1. The first kappa shape index (κ1) is 18.3. The van der Waals surface area contributed by atoms with Crippen LogP contribution in [0.2, 0.25) is 0 Å². The summed E-state index contributed by atoms with van der Waals surface area (Å²) in [7, 11) is 0. The SMILES string of the molecule is O=C(CN1C(=O)COc2cc(Br)ccc21)Nc1ccc(N2CCNC2=O)cc1. The number of halogens is 1. The average Bonchev–Trinajstić information content (AvgIpc) is 3.10. The Kier molecular flexibility index (Phi) is 4.91. The van der Waals surface area contributed by atoms with Crippen molar-refractivity contribution in [2.24, 2.45) is 0 Å². The summed E-state index contributed by atoms with van der Waals surface area (Å²) >= 11 is 3.36. The summed E-state index contributed by atoms with van der Waals surface area (Å²) in [6, 6.07) is 12.2. The van der Waals surface area contributed by atoms with Crippen molar-refractivity contribution in [2.45, 2.75) is 0 Å². The molecular formula is C19H17BrN4O4. The van der Waals surface area contributed by atoms with E-state index in [2.05, 4.69) is 26.6 Å². The predicted molar refractivity (Wildman–Crippen MR) is 108 cm³/mol. The van der Waals surface area contributed by atoms with Crippen LogP contribution in [0.4, 0.5) is 21.9 Å². The molecule has 9 heteroatoms. The number of carbonyl (C=O) groups excluding carboxylic acids is 3. The first-order valence-corrected chi connectivity index (χ1v) is 9.48. The number of fused-ring (bicyclic) bond motifs is 1. The van der Waals surface area contributed by atoms with Crippen molar-refractivity contribution < 1.29 is 19.1 Å². The highest BCUT2D eigenvalue weighted by Gasteiger charge is 2.27. The lowest BCUT2D eigenvalue weighted by Gasteiger charge is -2.29. The summed E-state index contributed by atoms with van der Waals surface area (Å²) in [5.41, 5.74) is 1.91. The van der Waals surface area contributed by atoms with E-state index in [0.29, 0.717) is 30.2 Å².